The number of nitrogens with one attached hydrogen (secondary N) is 1. The monoisotopic (exact) mass is 363 g/mol. The van der Waals surface area contributed by atoms with Crippen LogP contribution < -0.4 is 16.3 Å². The first-order chi connectivity index (χ1) is 12.5. The van der Waals surface area contributed by atoms with Crippen molar-refractivity contribution in [2.75, 3.05) is 25.1 Å². The second kappa shape index (κ2) is 9.94. The first-order valence-electron chi connectivity index (χ1n) is 8.93. The van der Waals surface area contributed by atoms with Gasteiger partial charge in [0.25, 0.3) is 0 Å². The predicted molar refractivity (Wildman–Crippen MR) is 99.3 cm³/mol. The largest absolute Gasteiger partial charge is 0.450 e. The molecule has 0 fully saturated rings. The fraction of sp³-hybridized carbons (Fsp3) is 0.474. The van der Waals surface area contributed by atoms with Gasteiger partial charge in [-0.15, -0.1) is 0 Å². The maximum Gasteiger partial charge on any atom is 0.411 e. The number of hydrogen-bond acceptors (Lipinski definition) is 5. The number of ether oxygens (including phenoxy) is 2. The molecule has 0 saturated carbocycles. The minimum Gasteiger partial charge on any atom is -0.450 e. The minimum atomic E-state index is -0.540. The average Bonchev–Trinajstić information content (AvgIpc) is 2.57. The molecule has 142 valence electrons. The topological polar surface area (TPSA) is 94.4 Å². The summed E-state index contributed by atoms with van der Waals surface area (Å²) in [7, 11) is 0. The predicted octanol–water partition coefficient (Wildman–Crippen LogP) is 2.24. The van der Waals surface area contributed by atoms with Crippen LogP contribution in [0.3, 0.4) is 0 Å². The number of benzene rings is 1. The molecule has 0 bridgehead atoms. The Balaban J connectivity index is 2.03. The molecule has 1 aromatic heterocycles. The van der Waals surface area contributed by atoms with Crippen molar-refractivity contribution in [1.29, 1.82) is 0 Å². The van der Waals surface area contributed by atoms with E-state index >= 15 is 0 Å². The number of nitrogens with two attached hydrogens (primary N) is 1. The maximum absolute atomic E-state index is 11.8. The summed E-state index contributed by atoms with van der Waals surface area (Å²) in [6.07, 6.45) is 0.656. The van der Waals surface area contributed by atoms with E-state index in [0.29, 0.717) is 17.8 Å². The molecule has 7 nitrogen and oxygen atoms in total. The molecule has 2 rings (SSSR count). The Hall–Kier alpha value is -2.38. The van der Waals surface area contributed by atoms with Gasteiger partial charge in [-0.1, -0.05) is 0 Å². The third-order valence-electron chi connectivity index (χ3n) is 3.72. The van der Waals surface area contributed by atoms with Crippen molar-refractivity contribution >= 4 is 22.7 Å². The molecule has 0 aliphatic carbocycles. The fourth-order valence-electron chi connectivity index (χ4n) is 2.57. The number of amides is 1. The molecule has 0 spiro atoms. The van der Waals surface area contributed by atoms with Gasteiger partial charge >= 0.3 is 11.7 Å². The van der Waals surface area contributed by atoms with Gasteiger partial charge in [-0.25, -0.2) is 9.59 Å². The number of rotatable bonds is 9. The lowest BCUT2D eigenvalue weighted by molar-refractivity contribution is -0.670. The van der Waals surface area contributed by atoms with Crippen LogP contribution in [0.5, 0.6) is 0 Å². The molecule has 0 aliphatic heterocycles. The summed E-state index contributed by atoms with van der Waals surface area (Å²) >= 11 is 0. The van der Waals surface area contributed by atoms with Crippen LogP contribution >= 0.6 is 0 Å². The van der Waals surface area contributed by atoms with Gasteiger partial charge in [-0.05, 0) is 32.9 Å². The zero-order valence-corrected chi connectivity index (χ0v) is 15.5. The average molecular weight is 363 g/mol. The number of anilines is 1. The Labute approximate surface area is 152 Å². The van der Waals surface area contributed by atoms with Gasteiger partial charge in [-0.3, -0.25) is 5.32 Å². The molecular weight excluding hydrogens is 336 g/mol. The quantitative estimate of drug-likeness (QED) is 0.526. The molecular formula is C19H27N2O5+. The van der Waals surface area contributed by atoms with E-state index in [9.17, 15) is 9.59 Å². The zero-order valence-electron chi connectivity index (χ0n) is 15.5. The van der Waals surface area contributed by atoms with E-state index in [1.54, 1.807) is 19.1 Å². The van der Waals surface area contributed by atoms with E-state index in [-0.39, 0.29) is 12.7 Å². The Kier molecular flexibility index (Phi) is 7.62. The Morgan fingerprint density at radius 1 is 1.31 bits per heavy atom. The molecule has 0 radical (unpaired) electrons. The molecule has 26 heavy (non-hydrogen) atoms. The van der Waals surface area contributed by atoms with Gasteiger partial charge in [-0.2, -0.15) is 0 Å². The van der Waals surface area contributed by atoms with Crippen molar-refractivity contribution in [2.45, 2.75) is 39.8 Å². The summed E-state index contributed by atoms with van der Waals surface area (Å²) in [6.45, 7) is 8.38. The molecule has 0 atom stereocenters. The van der Waals surface area contributed by atoms with Crippen LogP contribution in [-0.2, 0) is 16.0 Å². The highest BCUT2D eigenvalue weighted by Crippen LogP contribution is 2.21. The molecule has 0 unspecified atom stereocenters. The molecule has 2 aromatic rings. The van der Waals surface area contributed by atoms with E-state index in [1.165, 1.54) is 6.07 Å². The molecule has 1 heterocycles. The van der Waals surface area contributed by atoms with Crippen LogP contribution in [0.4, 0.5) is 10.5 Å². The Bertz CT molecular complexity index is 785. The van der Waals surface area contributed by atoms with Gasteiger partial charge in [0.15, 0.2) is 0 Å². The highest BCUT2D eigenvalue weighted by Gasteiger charge is 2.10. The standard InChI is InChI=1S/C19H26N2O5/c1-4-24-19(23)21-15-6-7-16-14(10-18(22)26-17(16)11-15)12-20-8-5-9-25-13(2)3/h6-7,10-11,13,20H,4-5,8-9,12H2,1-3H3,(H,21,23)/p+1. The normalized spacial score (nSPS) is 11.1. The van der Waals surface area contributed by atoms with Crippen molar-refractivity contribution in [3.8, 4) is 0 Å². The SMILES string of the molecule is CCOC(=O)Nc1ccc2c(C[NH2+]CCCOC(C)C)cc(=O)oc2c1. The van der Waals surface area contributed by atoms with E-state index in [2.05, 4.69) is 10.6 Å². The number of carbonyl (C=O) groups excluding carboxylic acids is 1. The molecule has 0 saturated heterocycles. The van der Waals surface area contributed by atoms with E-state index in [0.717, 1.165) is 30.5 Å². The number of carbonyl (C=O) groups is 1. The Morgan fingerprint density at radius 3 is 2.85 bits per heavy atom. The summed E-state index contributed by atoms with van der Waals surface area (Å²) in [4.78, 5) is 23.3. The van der Waals surface area contributed by atoms with Crippen molar-refractivity contribution in [3.63, 3.8) is 0 Å². The summed E-state index contributed by atoms with van der Waals surface area (Å²) in [5.41, 5.74) is 1.46. The lowest BCUT2D eigenvalue weighted by atomic mass is 10.1. The van der Waals surface area contributed by atoms with E-state index in [4.69, 9.17) is 13.9 Å². The number of quaternary nitrogens is 1. The summed E-state index contributed by atoms with van der Waals surface area (Å²) in [6, 6.07) is 6.75. The third kappa shape index (κ3) is 6.16. The molecule has 7 heteroatoms. The van der Waals surface area contributed by atoms with Gasteiger partial charge in [0.05, 0.1) is 25.9 Å². The number of fused-ring (bicyclic) bond motifs is 1. The molecule has 0 aliphatic rings. The van der Waals surface area contributed by atoms with Crippen LogP contribution in [0.25, 0.3) is 11.0 Å². The third-order valence-corrected chi connectivity index (χ3v) is 3.72. The second-order valence-corrected chi connectivity index (χ2v) is 6.20. The first kappa shape index (κ1) is 19.9. The van der Waals surface area contributed by atoms with Gasteiger partial charge in [0, 0.05) is 35.2 Å². The van der Waals surface area contributed by atoms with E-state index < -0.39 is 11.7 Å². The molecule has 1 aromatic carbocycles. The second-order valence-electron chi connectivity index (χ2n) is 6.20. The molecule has 1 amide bonds. The molecule has 3 N–H and O–H groups in total. The van der Waals surface area contributed by atoms with Crippen molar-refractivity contribution in [2.24, 2.45) is 0 Å². The number of hydrogen-bond donors (Lipinski definition) is 2. The maximum atomic E-state index is 11.8. The lowest BCUT2D eigenvalue weighted by Crippen LogP contribution is -2.82. The first-order valence-corrected chi connectivity index (χ1v) is 8.93. The summed E-state index contributed by atoms with van der Waals surface area (Å²) < 4.78 is 15.6. The fourth-order valence-corrected chi connectivity index (χ4v) is 2.57. The van der Waals surface area contributed by atoms with Crippen LogP contribution in [-0.4, -0.2) is 32.0 Å². The van der Waals surface area contributed by atoms with Crippen LogP contribution in [0.1, 0.15) is 32.8 Å². The van der Waals surface area contributed by atoms with E-state index in [1.807, 2.05) is 19.9 Å². The minimum absolute atomic E-state index is 0.245. The highest BCUT2D eigenvalue weighted by atomic mass is 16.5. The van der Waals surface area contributed by atoms with Crippen molar-refractivity contribution < 1.29 is 24.0 Å². The van der Waals surface area contributed by atoms with Gasteiger partial charge in [0.2, 0.25) is 0 Å². The van der Waals surface area contributed by atoms with Gasteiger partial charge in [0.1, 0.15) is 12.1 Å². The van der Waals surface area contributed by atoms with Crippen LogP contribution in [0.2, 0.25) is 0 Å². The van der Waals surface area contributed by atoms with Gasteiger partial charge < -0.3 is 19.2 Å². The highest BCUT2D eigenvalue weighted by molar-refractivity contribution is 5.89. The van der Waals surface area contributed by atoms with Crippen molar-refractivity contribution in [3.05, 3.63) is 40.2 Å². The lowest BCUT2D eigenvalue weighted by Gasteiger charge is -2.09. The summed E-state index contributed by atoms with van der Waals surface area (Å²) in [5.74, 6) is 0. The van der Waals surface area contributed by atoms with Crippen LogP contribution in [0, 0.1) is 0 Å². The smallest absolute Gasteiger partial charge is 0.411 e. The Morgan fingerprint density at radius 2 is 2.12 bits per heavy atom. The van der Waals surface area contributed by atoms with Crippen molar-refractivity contribution in [1.82, 2.24) is 0 Å². The zero-order chi connectivity index (χ0) is 18.9. The summed E-state index contributed by atoms with van der Waals surface area (Å²) in [5, 5.41) is 5.60. The van der Waals surface area contributed by atoms with Crippen LogP contribution in [0.15, 0.2) is 33.5 Å².